The third-order valence-electron chi connectivity index (χ3n) is 4.08. The monoisotopic (exact) mass is 285 g/mol. The van der Waals surface area contributed by atoms with Crippen molar-refractivity contribution >= 4 is 27.3 Å². The minimum Gasteiger partial charge on any atom is -0.327 e. The fourth-order valence-corrected chi connectivity index (χ4v) is 4.92. The maximum atomic E-state index is 6.32. The highest BCUT2D eigenvalue weighted by Crippen LogP contribution is 2.59. The molecular weight excluding hydrogens is 270 g/mol. The molecule has 2 saturated carbocycles. The average Bonchev–Trinajstić information content (AvgIpc) is 2.60. The van der Waals surface area contributed by atoms with E-state index in [9.17, 15) is 0 Å². The number of nitrogens with two attached hydrogens (primary N) is 1. The van der Waals surface area contributed by atoms with Gasteiger partial charge in [0, 0.05) is 15.4 Å². The molecule has 0 aromatic carbocycles. The minimum absolute atomic E-state index is 0.398. The van der Waals surface area contributed by atoms with Gasteiger partial charge in [-0.3, -0.25) is 0 Å². The molecule has 0 spiro atoms. The summed E-state index contributed by atoms with van der Waals surface area (Å²) < 4.78 is 1.24. The fraction of sp³-hybridized carbons (Fsp3) is 0.667. The molecule has 0 bridgehead atoms. The topological polar surface area (TPSA) is 26.0 Å². The van der Waals surface area contributed by atoms with Crippen LogP contribution in [0.1, 0.15) is 24.1 Å². The summed E-state index contributed by atoms with van der Waals surface area (Å²) in [6, 6.07) is 2.52. The third-order valence-corrected chi connectivity index (χ3v) is 6.03. The standard InChI is InChI=1S/C12H16BrNS/c13-9-4-5-15-11(9)6-10(14)12-7-2-1-3-8(7)12/h4-5,7-8,10,12H,1-3,6,14H2. The lowest BCUT2D eigenvalue weighted by molar-refractivity contribution is 0.486. The maximum Gasteiger partial charge on any atom is 0.0314 e. The molecule has 3 heteroatoms. The zero-order valence-corrected chi connectivity index (χ0v) is 11.1. The van der Waals surface area contributed by atoms with E-state index in [0.717, 1.165) is 24.2 Å². The zero-order valence-electron chi connectivity index (χ0n) is 8.66. The smallest absolute Gasteiger partial charge is 0.0314 e. The van der Waals surface area contributed by atoms with Crippen molar-refractivity contribution in [2.24, 2.45) is 23.5 Å². The average molecular weight is 286 g/mol. The Bertz CT molecular complexity index is 352. The summed E-state index contributed by atoms with van der Waals surface area (Å²) in [7, 11) is 0. The van der Waals surface area contributed by atoms with Gasteiger partial charge >= 0.3 is 0 Å². The lowest BCUT2D eigenvalue weighted by Crippen LogP contribution is -2.27. The van der Waals surface area contributed by atoms with Crippen molar-refractivity contribution in [3.63, 3.8) is 0 Å². The molecule has 1 aromatic heterocycles. The summed E-state index contributed by atoms with van der Waals surface area (Å²) in [5, 5.41) is 2.14. The number of rotatable bonds is 3. The molecule has 1 heterocycles. The maximum absolute atomic E-state index is 6.32. The molecule has 2 N–H and O–H groups in total. The molecule has 0 radical (unpaired) electrons. The highest BCUT2D eigenvalue weighted by Gasteiger charge is 2.54. The molecule has 0 aliphatic heterocycles. The predicted molar refractivity (Wildman–Crippen MR) is 68.0 cm³/mol. The van der Waals surface area contributed by atoms with Gasteiger partial charge < -0.3 is 5.73 Å². The van der Waals surface area contributed by atoms with Crippen LogP contribution in [0.25, 0.3) is 0 Å². The zero-order chi connectivity index (χ0) is 10.4. The van der Waals surface area contributed by atoms with E-state index in [1.807, 2.05) is 11.3 Å². The number of halogens is 1. The lowest BCUT2D eigenvalue weighted by Gasteiger charge is -2.12. The van der Waals surface area contributed by atoms with E-state index in [0.29, 0.717) is 6.04 Å². The Labute approximate surface area is 103 Å². The van der Waals surface area contributed by atoms with Crippen molar-refractivity contribution in [1.29, 1.82) is 0 Å². The lowest BCUT2D eigenvalue weighted by atomic mass is 10.0. The summed E-state index contributed by atoms with van der Waals surface area (Å²) in [5.41, 5.74) is 6.32. The number of hydrogen-bond donors (Lipinski definition) is 1. The molecule has 15 heavy (non-hydrogen) atoms. The Morgan fingerprint density at radius 2 is 2.20 bits per heavy atom. The van der Waals surface area contributed by atoms with Gasteiger partial charge in [-0.25, -0.2) is 0 Å². The van der Waals surface area contributed by atoms with Gasteiger partial charge in [0.2, 0.25) is 0 Å². The first-order chi connectivity index (χ1) is 7.27. The Morgan fingerprint density at radius 3 is 2.80 bits per heavy atom. The van der Waals surface area contributed by atoms with E-state index in [2.05, 4.69) is 27.4 Å². The van der Waals surface area contributed by atoms with Crippen molar-refractivity contribution in [3.8, 4) is 0 Å². The first-order valence-electron chi connectivity index (χ1n) is 5.75. The Morgan fingerprint density at radius 1 is 1.47 bits per heavy atom. The Kier molecular flexibility index (Phi) is 2.65. The van der Waals surface area contributed by atoms with Crippen LogP contribution in [0.4, 0.5) is 0 Å². The second kappa shape index (κ2) is 3.86. The van der Waals surface area contributed by atoms with Crippen LogP contribution in [0, 0.1) is 17.8 Å². The van der Waals surface area contributed by atoms with E-state index in [1.165, 1.54) is 28.6 Å². The summed E-state index contributed by atoms with van der Waals surface area (Å²) in [6.07, 6.45) is 5.39. The minimum atomic E-state index is 0.398. The number of hydrogen-bond acceptors (Lipinski definition) is 2. The van der Waals surface area contributed by atoms with Crippen molar-refractivity contribution in [2.75, 3.05) is 0 Å². The molecule has 2 fully saturated rings. The summed E-state index contributed by atoms with van der Waals surface area (Å²) in [5.74, 6) is 2.81. The molecule has 3 unspecified atom stereocenters. The van der Waals surface area contributed by atoms with Crippen LogP contribution in [-0.2, 0) is 6.42 Å². The van der Waals surface area contributed by atoms with Crippen LogP contribution in [0.5, 0.6) is 0 Å². The highest BCUT2D eigenvalue weighted by atomic mass is 79.9. The molecule has 1 nitrogen and oxygen atoms in total. The van der Waals surface area contributed by atoms with E-state index in [1.54, 1.807) is 0 Å². The highest BCUT2D eigenvalue weighted by molar-refractivity contribution is 9.10. The van der Waals surface area contributed by atoms with Crippen LogP contribution in [0.15, 0.2) is 15.9 Å². The third kappa shape index (κ3) is 1.79. The van der Waals surface area contributed by atoms with E-state index in [4.69, 9.17) is 5.73 Å². The predicted octanol–water partition coefficient (Wildman–Crippen LogP) is 3.43. The fourth-order valence-electron chi connectivity index (χ4n) is 3.33. The van der Waals surface area contributed by atoms with Gasteiger partial charge in [0.05, 0.1) is 0 Å². The van der Waals surface area contributed by atoms with Crippen LogP contribution >= 0.6 is 27.3 Å². The first kappa shape index (κ1) is 10.3. The van der Waals surface area contributed by atoms with E-state index < -0.39 is 0 Å². The van der Waals surface area contributed by atoms with Crippen LogP contribution in [-0.4, -0.2) is 6.04 Å². The largest absolute Gasteiger partial charge is 0.327 e. The molecule has 0 amide bonds. The van der Waals surface area contributed by atoms with Gasteiger partial charge in [-0.05, 0) is 64.4 Å². The van der Waals surface area contributed by atoms with Crippen molar-refractivity contribution in [1.82, 2.24) is 0 Å². The van der Waals surface area contributed by atoms with E-state index in [-0.39, 0.29) is 0 Å². The van der Waals surface area contributed by atoms with Crippen molar-refractivity contribution < 1.29 is 0 Å². The normalized spacial score (nSPS) is 35.2. The SMILES string of the molecule is NC(Cc1sccc1Br)C1C2CCCC21. The van der Waals surface area contributed by atoms with Gasteiger partial charge in [0.25, 0.3) is 0 Å². The summed E-state index contributed by atoms with van der Waals surface area (Å²) in [4.78, 5) is 1.42. The summed E-state index contributed by atoms with van der Waals surface area (Å²) >= 11 is 5.40. The molecular formula is C12H16BrNS. The van der Waals surface area contributed by atoms with Crippen LogP contribution in [0.3, 0.4) is 0 Å². The van der Waals surface area contributed by atoms with Crippen molar-refractivity contribution in [3.05, 3.63) is 20.8 Å². The van der Waals surface area contributed by atoms with Crippen LogP contribution in [0.2, 0.25) is 0 Å². The Hall–Kier alpha value is 0.140. The molecule has 2 aliphatic rings. The molecule has 3 atom stereocenters. The van der Waals surface area contributed by atoms with Gasteiger partial charge in [-0.1, -0.05) is 6.42 Å². The van der Waals surface area contributed by atoms with Gasteiger partial charge in [-0.2, -0.15) is 0 Å². The molecule has 3 rings (SSSR count). The molecule has 1 aromatic rings. The van der Waals surface area contributed by atoms with Gasteiger partial charge in [-0.15, -0.1) is 11.3 Å². The Balaban J connectivity index is 1.63. The van der Waals surface area contributed by atoms with Gasteiger partial charge in [0.1, 0.15) is 0 Å². The van der Waals surface area contributed by atoms with Gasteiger partial charge in [0.15, 0.2) is 0 Å². The quantitative estimate of drug-likeness (QED) is 0.905. The molecule has 82 valence electrons. The second-order valence-corrected chi connectivity index (χ2v) is 6.75. The van der Waals surface area contributed by atoms with Crippen LogP contribution < -0.4 is 5.73 Å². The number of fused-ring (bicyclic) bond motifs is 1. The molecule has 0 saturated heterocycles. The number of thiophene rings is 1. The van der Waals surface area contributed by atoms with E-state index >= 15 is 0 Å². The molecule has 2 aliphatic carbocycles. The summed E-state index contributed by atoms with van der Waals surface area (Å²) in [6.45, 7) is 0. The van der Waals surface area contributed by atoms with Crippen molar-refractivity contribution in [2.45, 2.75) is 31.7 Å². The second-order valence-electron chi connectivity index (χ2n) is 4.90. The first-order valence-corrected chi connectivity index (χ1v) is 7.42.